The fourth-order valence-electron chi connectivity index (χ4n) is 2.27. The van der Waals surface area contributed by atoms with E-state index >= 15 is 0 Å². The Morgan fingerprint density at radius 3 is 2.16 bits per heavy atom. The molecule has 0 aliphatic heterocycles. The van der Waals surface area contributed by atoms with Crippen LogP contribution in [0.1, 0.15) is 36.2 Å². The van der Waals surface area contributed by atoms with Gasteiger partial charge in [0.15, 0.2) is 0 Å². The minimum atomic E-state index is -0.848. The molecule has 1 N–H and O–H groups in total. The molecule has 0 unspecified atom stereocenters. The van der Waals surface area contributed by atoms with E-state index in [2.05, 4.69) is 37.0 Å². The van der Waals surface area contributed by atoms with E-state index in [1.54, 1.807) is 13.8 Å². The zero-order chi connectivity index (χ0) is 14.2. The number of pyridine rings is 1. The molecule has 100 valence electrons. The third-order valence-electron chi connectivity index (χ3n) is 3.55. The Kier molecular flexibility index (Phi) is 3.46. The Labute approximate surface area is 115 Å². The normalized spacial score (nSPS) is 11.7. The van der Waals surface area contributed by atoms with Gasteiger partial charge in [0.25, 0.3) is 0 Å². The van der Waals surface area contributed by atoms with Crippen LogP contribution in [0.5, 0.6) is 0 Å². The maximum atomic E-state index is 10.1. The monoisotopic (exact) mass is 255 g/mol. The summed E-state index contributed by atoms with van der Waals surface area (Å²) >= 11 is 0. The van der Waals surface area contributed by atoms with Crippen LogP contribution in [0.4, 0.5) is 0 Å². The molecular weight excluding hydrogens is 234 g/mol. The van der Waals surface area contributed by atoms with Crippen LogP contribution in [0.15, 0.2) is 30.3 Å². The zero-order valence-corrected chi connectivity index (χ0v) is 12.3. The molecule has 2 nitrogen and oxygen atoms in total. The smallest absolute Gasteiger partial charge is 0.0857 e. The summed E-state index contributed by atoms with van der Waals surface area (Å²) in [5, 5.41) is 10.1. The van der Waals surface area contributed by atoms with Crippen molar-refractivity contribution in [2.24, 2.45) is 0 Å². The summed E-state index contributed by atoms with van der Waals surface area (Å²) < 4.78 is 0. The van der Waals surface area contributed by atoms with E-state index in [9.17, 15) is 5.11 Å². The molecule has 1 heterocycles. The van der Waals surface area contributed by atoms with Gasteiger partial charge in [-0.25, -0.2) is 0 Å². The number of aryl methyl sites for hydroxylation is 3. The van der Waals surface area contributed by atoms with E-state index in [1.807, 2.05) is 19.1 Å². The first kappa shape index (κ1) is 13.8. The number of rotatable bonds is 2. The van der Waals surface area contributed by atoms with Gasteiger partial charge in [-0.1, -0.05) is 18.2 Å². The lowest BCUT2D eigenvalue weighted by Gasteiger charge is -2.20. The van der Waals surface area contributed by atoms with Crippen LogP contribution < -0.4 is 0 Å². The molecular formula is C17H21NO. The summed E-state index contributed by atoms with van der Waals surface area (Å²) in [4.78, 5) is 4.62. The molecule has 0 saturated carbocycles. The van der Waals surface area contributed by atoms with E-state index in [4.69, 9.17) is 0 Å². The Bertz CT molecular complexity index is 609. The minimum Gasteiger partial charge on any atom is -0.386 e. The number of hydrogen-bond donors (Lipinski definition) is 1. The Balaban J connectivity index is 2.47. The molecule has 0 radical (unpaired) electrons. The summed E-state index contributed by atoms with van der Waals surface area (Å²) in [5.41, 5.74) is 5.53. The van der Waals surface area contributed by atoms with Crippen LogP contribution in [-0.4, -0.2) is 10.1 Å². The van der Waals surface area contributed by atoms with Gasteiger partial charge < -0.3 is 5.11 Å². The van der Waals surface area contributed by atoms with Crippen LogP contribution in [0.3, 0.4) is 0 Å². The first-order chi connectivity index (χ1) is 8.79. The average Bonchev–Trinajstić information content (AvgIpc) is 2.31. The van der Waals surface area contributed by atoms with Crippen LogP contribution in [0.25, 0.3) is 11.3 Å². The SMILES string of the molecule is Cc1ccc(-c2ccc(C(C)(C)O)c(C)n2)cc1C. The zero-order valence-electron chi connectivity index (χ0n) is 12.3. The molecule has 1 aromatic carbocycles. The second-order valence-corrected chi connectivity index (χ2v) is 5.69. The molecule has 2 rings (SSSR count). The molecule has 0 aliphatic rings. The van der Waals surface area contributed by atoms with Gasteiger partial charge in [0, 0.05) is 16.8 Å². The third kappa shape index (κ3) is 2.85. The van der Waals surface area contributed by atoms with E-state index in [0.717, 1.165) is 22.5 Å². The molecule has 0 bridgehead atoms. The fourth-order valence-corrected chi connectivity index (χ4v) is 2.27. The average molecular weight is 255 g/mol. The highest BCUT2D eigenvalue weighted by Gasteiger charge is 2.19. The predicted octanol–water partition coefficient (Wildman–Crippen LogP) is 3.90. The Morgan fingerprint density at radius 1 is 0.947 bits per heavy atom. The lowest BCUT2D eigenvalue weighted by molar-refractivity contribution is 0.0775. The van der Waals surface area contributed by atoms with Gasteiger partial charge in [-0.15, -0.1) is 0 Å². The highest BCUT2D eigenvalue weighted by atomic mass is 16.3. The molecule has 0 fully saturated rings. The summed E-state index contributed by atoms with van der Waals surface area (Å²) in [6.07, 6.45) is 0. The molecule has 1 aromatic heterocycles. The molecule has 0 saturated heterocycles. The van der Waals surface area contributed by atoms with Crippen molar-refractivity contribution in [1.29, 1.82) is 0 Å². The van der Waals surface area contributed by atoms with Gasteiger partial charge in [0.1, 0.15) is 0 Å². The predicted molar refractivity (Wildman–Crippen MR) is 79.1 cm³/mol. The first-order valence-electron chi connectivity index (χ1n) is 6.57. The van der Waals surface area contributed by atoms with Gasteiger partial charge >= 0.3 is 0 Å². The highest BCUT2D eigenvalue weighted by molar-refractivity contribution is 5.61. The second-order valence-electron chi connectivity index (χ2n) is 5.69. The summed E-state index contributed by atoms with van der Waals surface area (Å²) in [7, 11) is 0. The van der Waals surface area contributed by atoms with Crippen LogP contribution in [-0.2, 0) is 5.60 Å². The van der Waals surface area contributed by atoms with Crippen molar-refractivity contribution in [3.63, 3.8) is 0 Å². The van der Waals surface area contributed by atoms with E-state index in [-0.39, 0.29) is 0 Å². The molecule has 0 atom stereocenters. The Morgan fingerprint density at radius 2 is 1.63 bits per heavy atom. The molecule has 0 aliphatic carbocycles. The Hall–Kier alpha value is -1.67. The van der Waals surface area contributed by atoms with Crippen molar-refractivity contribution in [3.05, 3.63) is 52.7 Å². The van der Waals surface area contributed by atoms with Gasteiger partial charge in [0.05, 0.1) is 11.3 Å². The third-order valence-corrected chi connectivity index (χ3v) is 3.55. The molecule has 0 amide bonds. The summed E-state index contributed by atoms with van der Waals surface area (Å²) in [5.74, 6) is 0. The maximum Gasteiger partial charge on any atom is 0.0857 e. The van der Waals surface area contributed by atoms with E-state index in [0.29, 0.717) is 0 Å². The highest BCUT2D eigenvalue weighted by Crippen LogP contribution is 2.26. The summed E-state index contributed by atoms with van der Waals surface area (Å²) in [6, 6.07) is 10.3. The number of aliphatic hydroxyl groups is 1. The number of benzene rings is 1. The molecule has 2 aromatic rings. The van der Waals surface area contributed by atoms with Gasteiger partial charge in [0.2, 0.25) is 0 Å². The van der Waals surface area contributed by atoms with Crippen molar-refractivity contribution in [3.8, 4) is 11.3 Å². The maximum absolute atomic E-state index is 10.1. The first-order valence-corrected chi connectivity index (χ1v) is 6.57. The number of aromatic nitrogens is 1. The topological polar surface area (TPSA) is 33.1 Å². The number of hydrogen-bond acceptors (Lipinski definition) is 2. The van der Waals surface area contributed by atoms with Crippen LogP contribution in [0, 0.1) is 20.8 Å². The standard InChI is InChI=1S/C17H21NO/c1-11-6-7-14(10-12(11)2)16-9-8-15(13(3)18-16)17(4,5)19/h6-10,19H,1-5H3. The van der Waals surface area contributed by atoms with Crippen molar-refractivity contribution < 1.29 is 5.11 Å². The van der Waals surface area contributed by atoms with Crippen LogP contribution in [0.2, 0.25) is 0 Å². The fraction of sp³-hybridized carbons (Fsp3) is 0.353. The molecule has 19 heavy (non-hydrogen) atoms. The second kappa shape index (κ2) is 4.78. The molecule has 0 spiro atoms. The van der Waals surface area contributed by atoms with E-state index in [1.165, 1.54) is 11.1 Å². The van der Waals surface area contributed by atoms with Crippen LogP contribution >= 0.6 is 0 Å². The minimum absolute atomic E-state index is 0.848. The van der Waals surface area contributed by atoms with Gasteiger partial charge in [-0.3, -0.25) is 4.98 Å². The quantitative estimate of drug-likeness (QED) is 0.882. The molecule has 2 heteroatoms. The lowest BCUT2D eigenvalue weighted by atomic mass is 9.95. The van der Waals surface area contributed by atoms with Gasteiger partial charge in [-0.05, 0) is 57.9 Å². The van der Waals surface area contributed by atoms with Crippen molar-refractivity contribution in [2.75, 3.05) is 0 Å². The summed E-state index contributed by atoms with van der Waals surface area (Å²) in [6.45, 7) is 9.73. The number of nitrogens with zero attached hydrogens (tertiary/aromatic N) is 1. The van der Waals surface area contributed by atoms with Gasteiger partial charge in [-0.2, -0.15) is 0 Å². The largest absolute Gasteiger partial charge is 0.386 e. The van der Waals surface area contributed by atoms with E-state index < -0.39 is 5.60 Å². The van der Waals surface area contributed by atoms with Crippen molar-refractivity contribution in [1.82, 2.24) is 4.98 Å². The lowest BCUT2D eigenvalue weighted by Crippen LogP contribution is -2.17. The van der Waals surface area contributed by atoms with Crippen molar-refractivity contribution >= 4 is 0 Å². The van der Waals surface area contributed by atoms with Crippen molar-refractivity contribution in [2.45, 2.75) is 40.2 Å².